The molecule has 0 spiro atoms. The highest BCUT2D eigenvalue weighted by molar-refractivity contribution is 5.79. The largest absolute Gasteiger partial charge is 0.392 e. The van der Waals surface area contributed by atoms with Crippen molar-refractivity contribution in [2.45, 2.75) is 58.2 Å². The zero-order valence-electron chi connectivity index (χ0n) is 13.1. The molecule has 1 aliphatic carbocycles. The Hall–Kier alpha value is -0.780. The highest BCUT2D eigenvalue weighted by Crippen LogP contribution is 2.42. The molecule has 0 aromatic rings. The van der Waals surface area contributed by atoms with Gasteiger partial charge in [-0.25, -0.2) is 0 Å². The standard InChI is InChI=1S/C15H27F3N2O/c1-10(2)13(19)8-9-20(3)14(21)11-6-4-5-7-12(11)15(16,17)18/h10-13H,4-9,19H2,1-3H3. The molecule has 0 aromatic heterocycles. The Morgan fingerprint density at radius 3 is 2.38 bits per heavy atom. The molecule has 0 radical (unpaired) electrons. The highest BCUT2D eigenvalue weighted by atomic mass is 19.4. The first-order chi connectivity index (χ1) is 9.64. The van der Waals surface area contributed by atoms with Crippen LogP contribution in [0.15, 0.2) is 0 Å². The molecule has 1 rings (SSSR count). The summed E-state index contributed by atoms with van der Waals surface area (Å²) >= 11 is 0. The molecule has 6 heteroatoms. The molecular weight excluding hydrogens is 281 g/mol. The molecule has 2 N–H and O–H groups in total. The molecule has 124 valence electrons. The molecule has 0 bridgehead atoms. The summed E-state index contributed by atoms with van der Waals surface area (Å²) in [6, 6.07) is -0.0370. The van der Waals surface area contributed by atoms with Crippen LogP contribution >= 0.6 is 0 Å². The van der Waals surface area contributed by atoms with Crippen molar-refractivity contribution in [1.29, 1.82) is 0 Å². The summed E-state index contributed by atoms with van der Waals surface area (Å²) < 4.78 is 39.1. The normalized spacial score (nSPS) is 25.0. The van der Waals surface area contributed by atoms with E-state index in [2.05, 4.69) is 0 Å². The maximum Gasteiger partial charge on any atom is 0.392 e. The zero-order chi connectivity index (χ0) is 16.2. The fourth-order valence-electron chi connectivity index (χ4n) is 2.89. The van der Waals surface area contributed by atoms with Gasteiger partial charge in [-0.05, 0) is 25.2 Å². The minimum atomic E-state index is -4.28. The number of hydrogen-bond donors (Lipinski definition) is 1. The van der Waals surface area contributed by atoms with E-state index in [4.69, 9.17) is 5.73 Å². The topological polar surface area (TPSA) is 46.3 Å². The van der Waals surface area contributed by atoms with Gasteiger partial charge in [0.05, 0.1) is 5.92 Å². The molecule has 3 unspecified atom stereocenters. The van der Waals surface area contributed by atoms with E-state index in [0.717, 1.165) is 0 Å². The third-order valence-corrected chi connectivity index (χ3v) is 4.53. The first-order valence-corrected chi connectivity index (χ1v) is 7.71. The fraction of sp³-hybridized carbons (Fsp3) is 0.933. The predicted octanol–water partition coefficient (Wildman–Crippen LogP) is 3.19. The van der Waals surface area contributed by atoms with Gasteiger partial charge in [0.25, 0.3) is 0 Å². The number of alkyl halides is 3. The van der Waals surface area contributed by atoms with Crippen LogP contribution in [0.2, 0.25) is 0 Å². The Balaban J connectivity index is 2.62. The second-order valence-electron chi connectivity index (χ2n) is 6.50. The van der Waals surface area contributed by atoms with E-state index in [1.54, 1.807) is 7.05 Å². The Kier molecular flexibility index (Phi) is 6.50. The zero-order valence-corrected chi connectivity index (χ0v) is 13.1. The lowest BCUT2D eigenvalue weighted by molar-refractivity contribution is -0.200. The van der Waals surface area contributed by atoms with Crippen molar-refractivity contribution in [3.63, 3.8) is 0 Å². The minimum absolute atomic E-state index is 0.0370. The van der Waals surface area contributed by atoms with Crippen LogP contribution in [0.3, 0.4) is 0 Å². The van der Waals surface area contributed by atoms with E-state index in [1.165, 1.54) is 4.90 Å². The number of hydrogen-bond acceptors (Lipinski definition) is 2. The van der Waals surface area contributed by atoms with E-state index in [9.17, 15) is 18.0 Å². The van der Waals surface area contributed by atoms with Crippen molar-refractivity contribution >= 4 is 5.91 Å². The van der Waals surface area contributed by atoms with Crippen LogP contribution in [-0.4, -0.2) is 36.6 Å². The molecule has 1 amide bonds. The van der Waals surface area contributed by atoms with Crippen molar-refractivity contribution in [3.05, 3.63) is 0 Å². The van der Waals surface area contributed by atoms with Crippen molar-refractivity contribution in [1.82, 2.24) is 4.90 Å². The predicted molar refractivity (Wildman–Crippen MR) is 76.6 cm³/mol. The Labute approximate surface area is 125 Å². The van der Waals surface area contributed by atoms with Gasteiger partial charge in [-0.15, -0.1) is 0 Å². The molecule has 0 saturated heterocycles. The highest BCUT2D eigenvalue weighted by Gasteiger charge is 2.48. The second-order valence-corrected chi connectivity index (χ2v) is 6.50. The van der Waals surface area contributed by atoms with Gasteiger partial charge in [-0.2, -0.15) is 13.2 Å². The fourth-order valence-corrected chi connectivity index (χ4v) is 2.89. The summed E-state index contributed by atoms with van der Waals surface area (Å²) in [7, 11) is 1.58. The van der Waals surface area contributed by atoms with Crippen molar-refractivity contribution in [2.75, 3.05) is 13.6 Å². The summed E-state index contributed by atoms with van der Waals surface area (Å²) in [5, 5.41) is 0. The second kappa shape index (κ2) is 7.47. The van der Waals surface area contributed by atoms with Crippen molar-refractivity contribution in [3.8, 4) is 0 Å². The first kappa shape index (κ1) is 18.3. The maximum absolute atomic E-state index is 13.0. The Bertz CT molecular complexity index is 344. The van der Waals surface area contributed by atoms with Gasteiger partial charge < -0.3 is 10.6 Å². The molecular formula is C15H27F3N2O. The van der Waals surface area contributed by atoms with E-state index in [0.29, 0.717) is 38.1 Å². The lowest BCUT2D eigenvalue weighted by Gasteiger charge is -2.34. The van der Waals surface area contributed by atoms with Crippen molar-refractivity contribution < 1.29 is 18.0 Å². The number of halogens is 3. The van der Waals surface area contributed by atoms with Gasteiger partial charge in [0.2, 0.25) is 5.91 Å². The average molecular weight is 308 g/mol. The molecule has 1 saturated carbocycles. The van der Waals surface area contributed by atoms with Crippen LogP contribution in [-0.2, 0) is 4.79 Å². The average Bonchev–Trinajstić information content (AvgIpc) is 2.42. The number of nitrogens with two attached hydrogens (primary N) is 1. The Morgan fingerprint density at radius 1 is 1.29 bits per heavy atom. The molecule has 1 aliphatic rings. The lowest BCUT2D eigenvalue weighted by Crippen LogP contribution is -2.44. The lowest BCUT2D eigenvalue weighted by atomic mass is 9.78. The SMILES string of the molecule is CC(C)C(N)CCN(C)C(=O)C1CCCCC1C(F)(F)F. The molecule has 3 atom stereocenters. The summed E-state index contributed by atoms with van der Waals surface area (Å²) in [5.41, 5.74) is 5.92. The number of rotatable bonds is 5. The molecule has 3 nitrogen and oxygen atoms in total. The maximum atomic E-state index is 13.0. The third-order valence-electron chi connectivity index (χ3n) is 4.53. The first-order valence-electron chi connectivity index (χ1n) is 7.71. The van der Waals surface area contributed by atoms with Gasteiger partial charge in [0, 0.05) is 25.6 Å². The van der Waals surface area contributed by atoms with Crippen LogP contribution in [0.5, 0.6) is 0 Å². The van der Waals surface area contributed by atoms with Crippen LogP contribution in [0, 0.1) is 17.8 Å². The monoisotopic (exact) mass is 308 g/mol. The van der Waals surface area contributed by atoms with E-state index < -0.39 is 18.0 Å². The van der Waals surface area contributed by atoms with Gasteiger partial charge >= 0.3 is 6.18 Å². The Morgan fingerprint density at radius 2 is 1.86 bits per heavy atom. The number of amides is 1. The molecule has 0 aromatic carbocycles. The summed E-state index contributed by atoms with van der Waals surface area (Å²) in [4.78, 5) is 13.8. The third kappa shape index (κ3) is 5.16. The van der Waals surface area contributed by atoms with Gasteiger partial charge in [-0.1, -0.05) is 26.7 Å². The quantitative estimate of drug-likeness (QED) is 0.848. The number of carbonyl (C=O) groups is 1. The van der Waals surface area contributed by atoms with E-state index in [1.807, 2.05) is 13.8 Å². The van der Waals surface area contributed by atoms with Gasteiger partial charge in [0.1, 0.15) is 0 Å². The molecule has 1 fully saturated rings. The van der Waals surface area contributed by atoms with Crippen molar-refractivity contribution in [2.24, 2.45) is 23.5 Å². The van der Waals surface area contributed by atoms with E-state index in [-0.39, 0.29) is 18.4 Å². The summed E-state index contributed by atoms with van der Waals surface area (Å²) in [5.74, 6) is -2.49. The number of carbonyl (C=O) groups excluding carboxylic acids is 1. The molecule has 21 heavy (non-hydrogen) atoms. The van der Waals surface area contributed by atoms with Crippen LogP contribution in [0.25, 0.3) is 0 Å². The minimum Gasteiger partial charge on any atom is -0.345 e. The summed E-state index contributed by atoms with van der Waals surface area (Å²) in [6.07, 6.45) is -2.01. The van der Waals surface area contributed by atoms with Crippen LogP contribution in [0.4, 0.5) is 13.2 Å². The molecule has 0 aliphatic heterocycles. The van der Waals surface area contributed by atoms with Crippen LogP contribution < -0.4 is 5.73 Å². The van der Waals surface area contributed by atoms with E-state index >= 15 is 0 Å². The summed E-state index contributed by atoms with van der Waals surface area (Å²) in [6.45, 7) is 4.40. The molecule has 0 heterocycles. The van der Waals surface area contributed by atoms with Crippen LogP contribution in [0.1, 0.15) is 46.0 Å². The van der Waals surface area contributed by atoms with Gasteiger partial charge in [0.15, 0.2) is 0 Å². The number of nitrogens with zero attached hydrogens (tertiary/aromatic N) is 1. The van der Waals surface area contributed by atoms with Gasteiger partial charge in [-0.3, -0.25) is 4.79 Å². The smallest absolute Gasteiger partial charge is 0.345 e.